The van der Waals surface area contributed by atoms with Crippen LogP contribution in [-0.2, 0) is 21.5 Å². The highest BCUT2D eigenvalue weighted by Crippen LogP contribution is 2.40. The molecular formula is C30H39F2NO2. The standard InChI is InChI=1S/C30H39F2NO2/c1-3-24(12-11-19-33-22-25-15-16-27(31)28(32)21-25)20-23(2)35-29(34)30(17-9-4-5-10-18-30)26-13-7-6-8-14-26/h3,6-8,13-16,21,23-24,33H,1,4-5,9-12,17-20,22H2,2H3. The Morgan fingerprint density at radius 1 is 1.09 bits per heavy atom. The SMILES string of the molecule is C=CC(CCCNCc1ccc(F)c(F)c1)CC(C)OC(=O)C1(c2ccccc2)CCCCCC1. The first-order valence-electron chi connectivity index (χ1n) is 13.0. The van der Waals surface area contributed by atoms with E-state index in [9.17, 15) is 13.6 Å². The van der Waals surface area contributed by atoms with Crippen LogP contribution < -0.4 is 5.32 Å². The van der Waals surface area contributed by atoms with Gasteiger partial charge in [0.05, 0.1) is 11.5 Å². The van der Waals surface area contributed by atoms with Crippen LogP contribution in [0.3, 0.4) is 0 Å². The molecule has 1 saturated carbocycles. The molecule has 0 amide bonds. The number of carbonyl (C=O) groups excluding carboxylic acids is 1. The molecule has 5 heteroatoms. The predicted molar refractivity (Wildman–Crippen MR) is 137 cm³/mol. The minimum atomic E-state index is -0.828. The van der Waals surface area contributed by atoms with Gasteiger partial charge in [0, 0.05) is 6.54 Å². The number of nitrogens with one attached hydrogen (secondary N) is 1. The third kappa shape index (κ3) is 7.73. The molecule has 0 bridgehead atoms. The van der Waals surface area contributed by atoms with Gasteiger partial charge in [-0.15, -0.1) is 6.58 Å². The van der Waals surface area contributed by atoms with Gasteiger partial charge in [0.25, 0.3) is 0 Å². The molecule has 2 atom stereocenters. The Bertz CT molecular complexity index is 939. The van der Waals surface area contributed by atoms with Gasteiger partial charge in [-0.2, -0.15) is 0 Å². The molecule has 0 heterocycles. The van der Waals surface area contributed by atoms with Crippen molar-refractivity contribution in [2.75, 3.05) is 6.54 Å². The van der Waals surface area contributed by atoms with Crippen LogP contribution in [0.1, 0.15) is 75.8 Å². The maximum Gasteiger partial charge on any atom is 0.316 e. The van der Waals surface area contributed by atoms with E-state index in [1.165, 1.54) is 18.9 Å². The molecule has 1 aliphatic rings. The fourth-order valence-electron chi connectivity index (χ4n) is 5.17. The van der Waals surface area contributed by atoms with Gasteiger partial charge in [-0.05, 0) is 74.8 Å². The van der Waals surface area contributed by atoms with Crippen molar-refractivity contribution in [3.63, 3.8) is 0 Å². The molecule has 2 unspecified atom stereocenters. The summed E-state index contributed by atoms with van der Waals surface area (Å²) in [6, 6.07) is 14.1. The maximum atomic E-state index is 13.5. The lowest BCUT2D eigenvalue weighted by molar-refractivity contribution is -0.156. The number of benzene rings is 2. The van der Waals surface area contributed by atoms with Crippen LogP contribution in [0, 0.1) is 17.6 Å². The van der Waals surface area contributed by atoms with Gasteiger partial charge in [0.2, 0.25) is 0 Å². The van der Waals surface area contributed by atoms with E-state index in [0.717, 1.165) is 68.7 Å². The molecule has 0 spiro atoms. The smallest absolute Gasteiger partial charge is 0.316 e. The van der Waals surface area contributed by atoms with E-state index in [2.05, 4.69) is 24.0 Å². The molecule has 190 valence electrons. The highest BCUT2D eigenvalue weighted by molar-refractivity contribution is 5.83. The summed E-state index contributed by atoms with van der Waals surface area (Å²) in [4.78, 5) is 13.5. The van der Waals surface area contributed by atoms with Gasteiger partial charge in [-0.1, -0.05) is 68.2 Å². The van der Waals surface area contributed by atoms with Crippen molar-refractivity contribution in [1.82, 2.24) is 5.32 Å². The number of carbonyl (C=O) groups is 1. The van der Waals surface area contributed by atoms with Gasteiger partial charge >= 0.3 is 5.97 Å². The minimum absolute atomic E-state index is 0.0888. The van der Waals surface area contributed by atoms with E-state index in [1.807, 2.05) is 31.2 Å². The van der Waals surface area contributed by atoms with Crippen molar-refractivity contribution in [2.24, 2.45) is 5.92 Å². The first-order valence-corrected chi connectivity index (χ1v) is 13.0. The second-order valence-corrected chi connectivity index (χ2v) is 9.88. The first kappa shape index (κ1) is 27.1. The fraction of sp³-hybridized carbons (Fsp3) is 0.500. The Hall–Kier alpha value is -2.53. The molecule has 3 nitrogen and oxygen atoms in total. The number of hydrogen-bond donors (Lipinski definition) is 1. The largest absolute Gasteiger partial charge is 0.462 e. The van der Waals surface area contributed by atoms with Crippen molar-refractivity contribution in [2.45, 2.75) is 82.8 Å². The summed E-state index contributed by atoms with van der Waals surface area (Å²) in [5.74, 6) is -1.50. The van der Waals surface area contributed by atoms with Crippen LogP contribution in [0.25, 0.3) is 0 Å². The second kappa shape index (κ2) is 13.5. The first-order chi connectivity index (χ1) is 16.9. The number of halogens is 2. The number of esters is 1. The van der Waals surface area contributed by atoms with Crippen LogP contribution in [-0.4, -0.2) is 18.6 Å². The van der Waals surface area contributed by atoms with Gasteiger partial charge in [-0.3, -0.25) is 4.79 Å². The Kier molecular flexibility index (Phi) is 10.5. The Morgan fingerprint density at radius 3 is 2.46 bits per heavy atom. The lowest BCUT2D eigenvalue weighted by Crippen LogP contribution is -2.39. The van der Waals surface area contributed by atoms with Gasteiger partial charge < -0.3 is 10.1 Å². The van der Waals surface area contributed by atoms with Gasteiger partial charge in [-0.25, -0.2) is 8.78 Å². The zero-order valence-electron chi connectivity index (χ0n) is 20.9. The summed E-state index contributed by atoms with van der Waals surface area (Å²) >= 11 is 0. The van der Waals surface area contributed by atoms with Crippen LogP contribution in [0.15, 0.2) is 61.2 Å². The number of allylic oxidation sites excluding steroid dienone is 1. The highest BCUT2D eigenvalue weighted by atomic mass is 19.2. The van der Waals surface area contributed by atoms with E-state index < -0.39 is 17.0 Å². The molecule has 0 aliphatic heterocycles. The Morgan fingerprint density at radius 2 is 1.80 bits per heavy atom. The molecule has 0 saturated heterocycles. The maximum absolute atomic E-state index is 13.5. The lowest BCUT2D eigenvalue weighted by atomic mass is 9.74. The predicted octanol–water partition coefficient (Wildman–Crippen LogP) is 7.25. The summed E-state index contributed by atoms with van der Waals surface area (Å²) in [6.45, 7) is 7.21. The monoisotopic (exact) mass is 483 g/mol. The number of hydrogen-bond acceptors (Lipinski definition) is 3. The van der Waals surface area contributed by atoms with E-state index >= 15 is 0 Å². The third-order valence-electron chi connectivity index (χ3n) is 7.19. The van der Waals surface area contributed by atoms with Crippen LogP contribution >= 0.6 is 0 Å². The molecular weight excluding hydrogens is 444 g/mol. The summed E-state index contributed by atoms with van der Waals surface area (Å²) in [5, 5.41) is 3.28. The Balaban J connectivity index is 1.48. The average Bonchev–Trinajstić information content (AvgIpc) is 3.13. The van der Waals surface area contributed by atoms with Crippen LogP contribution in [0.2, 0.25) is 0 Å². The van der Waals surface area contributed by atoms with Crippen molar-refractivity contribution in [3.8, 4) is 0 Å². The molecule has 1 fully saturated rings. The molecule has 2 aromatic rings. The zero-order chi connectivity index (χ0) is 25.1. The Labute approximate surface area is 209 Å². The molecule has 0 radical (unpaired) electrons. The normalized spacial score (nSPS) is 17.2. The molecule has 35 heavy (non-hydrogen) atoms. The molecule has 0 aromatic heterocycles. The summed E-state index contributed by atoms with van der Waals surface area (Å²) < 4.78 is 32.4. The zero-order valence-corrected chi connectivity index (χ0v) is 20.9. The second-order valence-electron chi connectivity index (χ2n) is 9.88. The third-order valence-corrected chi connectivity index (χ3v) is 7.19. The van der Waals surface area contributed by atoms with E-state index in [4.69, 9.17) is 4.74 Å². The summed E-state index contributed by atoms with van der Waals surface area (Å²) in [7, 11) is 0. The van der Waals surface area contributed by atoms with Crippen molar-refractivity contribution >= 4 is 5.97 Å². The van der Waals surface area contributed by atoms with Crippen molar-refractivity contribution < 1.29 is 18.3 Å². The quantitative estimate of drug-likeness (QED) is 0.150. The van der Waals surface area contributed by atoms with Gasteiger partial charge in [0.15, 0.2) is 11.6 Å². The van der Waals surface area contributed by atoms with E-state index in [-0.39, 0.29) is 18.0 Å². The van der Waals surface area contributed by atoms with Crippen molar-refractivity contribution in [1.29, 1.82) is 0 Å². The summed E-state index contributed by atoms with van der Waals surface area (Å²) in [5.41, 5.74) is 1.25. The van der Waals surface area contributed by atoms with E-state index in [1.54, 1.807) is 6.07 Å². The molecule has 3 rings (SSSR count). The average molecular weight is 484 g/mol. The minimum Gasteiger partial charge on any atom is -0.462 e. The fourth-order valence-corrected chi connectivity index (χ4v) is 5.17. The number of ether oxygens (including phenoxy) is 1. The molecule has 2 aromatic carbocycles. The molecule has 1 N–H and O–H groups in total. The molecule has 1 aliphatic carbocycles. The van der Waals surface area contributed by atoms with E-state index in [0.29, 0.717) is 6.54 Å². The number of rotatable bonds is 12. The van der Waals surface area contributed by atoms with Crippen molar-refractivity contribution in [3.05, 3.63) is 83.9 Å². The van der Waals surface area contributed by atoms with Crippen LogP contribution in [0.4, 0.5) is 8.78 Å². The topological polar surface area (TPSA) is 38.3 Å². The summed E-state index contributed by atoms with van der Waals surface area (Å²) in [6.07, 6.45) is 10.4. The lowest BCUT2D eigenvalue weighted by Gasteiger charge is -2.32. The van der Waals surface area contributed by atoms with Gasteiger partial charge in [0.1, 0.15) is 0 Å². The van der Waals surface area contributed by atoms with Crippen LogP contribution in [0.5, 0.6) is 0 Å². The highest BCUT2D eigenvalue weighted by Gasteiger charge is 2.42.